The topological polar surface area (TPSA) is 76.8 Å². The summed E-state index contributed by atoms with van der Waals surface area (Å²) in [5.74, 6) is 0.357. The molecule has 2 rings (SSSR count). The van der Waals surface area contributed by atoms with Gasteiger partial charge in [-0.15, -0.1) is 0 Å². The highest BCUT2D eigenvalue weighted by Crippen LogP contribution is 2.08. The molecule has 0 radical (unpaired) electrons. The molecule has 0 aliphatic carbocycles. The van der Waals surface area contributed by atoms with E-state index in [1.54, 1.807) is 25.1 Å². The second-order valence-electron chi connectivity index (χ2n) is 4.49. The SMILES string of the molecule is COCc1cc(C(=O)N(C)CC2CNCCO2)no1. The van der Waals surface area contributed by atoms with E-state index in [0.717, 1.165) is 13.1 Å². The van der Waals surface area contributed by atoms with Crippen molar-refractivity contribution >= 4 is 5.91 Å². The van der Waals surface area contributed by atoms with Gasteiger partial charge >= 0.3 is 0 Å². The summed E-state index contributed by atoms with van der Waals surface area (Å²) in [5.41, 5.74) is 0.290. The number of carbonyl (C=O) groups excluding carboxylic acids is 1. The number of ether oxygens (including phenoxy) is 2. The second-order valence-corrected chi connectivity index (χ2v) is 4.49. The molecule has 1 unspecified atom stereocenters. The van der Waals surface area contributed by atoms with Crippen molar-refractivity contribution in [2.45, 2.75) is 12.7 Å². The van der Waals surface area contributed by atoms with Gasteiger partial charge in [0.25, 0.3) is 5.91 Å². The number of nitrogens with zero attached hydrogens (tertiary/aromatic N) is 2. The molecule has 7 heteroatoms. The van der Waals surface area contributed by atoms with Crippen molar-refractivity contribution in [3.8, 4) is 0 Å². The van der Waals surface area contributed by atoms with E-state index in [1.807, 2.05) is 0 Å². The van der Waals surface area contributed by atoms with Crippen LogP contribution >= 0.6 is 0 Å². The molecule has 1 atom stereocenters. The molecule has 2 heterocycles. The van der Waals surface area contributed by atoms with Crippen molar-refractivity contribution in [3.63, 3.8) is 0 Å². The minimum Gasteiger partial charge on any atom is -0.377 e. The van der Waals surface area contributed by atoms with Crippen LogP contribution in [-0.4, -0.2) is 62.5 Å². The molecule has 1 amide bonds. The number of rotatable bonds is 5. The predicted octanol–water partition coefficient (Wildman–Crippen LogP) is -0.119. The normalized spacial score (nSPS) is 19.4. The molecule has 0 spiro atoms. The first-order valence-electron chi connectivity index (χ1n) is 6.23. The number of hydrogen-bond donors (Lipinski definition) is 1. The van der Waals surface area contributed by atoms with Gasteiger partial charge in [0.15, 0.2) is 11.5 Å². The summed E-state index contributed by atoms with van der Waals surface area (Å²) in [6.45, 7) is 3.12. The number of morpholine rings is 1. The molecule has 1 fully saturated rings. The molecule has 1 N–H and O–H groups in total. The number of amides is 1. The fourth-order valence-electron chi connectivity index (χ4n) is 1.94. The minimum atomic E-state index is -0.180. The molecule has 106 valence electrons. The molecule has 7 nitrogen and oxygen atoms in total. The summed E-state index contributed by atoms with van der Waals surface area (Å²) >= 11 is 0. The lowest BCUT2D eigenvalue weighted by Gasteiger charge is -2.27. The number of carbonyl (C=O) groups is 1. The number of likely N-dealkylation sites (N-methyl/N-ethyl adjacent to an activating group) is 1. The summed E-state index contributed by atoms with van der Waals surface area (Å²) in [6, 6.07) is 1.60. The first-order chi connectivity index (χ1) is 9.20. The molecule has 1 saturated heterocycles. The van der Waals surface area contributed by atoms with Crippen molar-refractivity contribution in [1.29, 1.82) is 0 Å². The predicted molar refractivity (Wildman–Crippen MR) is 66.8 cm³/mol. The highest BCUT2D eigenvalue weighted by Gasteiger charge is 2.21. The van der Waals surface area contributed by atoms with Crippen molar-refractivity contribution in [2.24, 2.45) is 0 Å². The zero-order chi connectivity index (χ0) is 13.7. The van der Waals surface area contributed by atoms with Gasteiger partial charge in [0.05, 0.1) is 12.7 Å². The molecule has 1 aromatic rings. The molecule has 0 aromatic carbocycles. The van der Waals surface area contributed by atoms with Gasteiger partial charge in [-0.2, -0.15) is 0 Å². The first-order valence-corrected chi connectivity index (χ1v) is 6.23. The Morgan fingerprint density at radius 3 is 3.21 bits per heavy atom. The second kappa shape index (κ2) is 6.65. The lowest BCUT2D eigenvalue weighted by atomic mass is 10.2. The lowest BCUT2D eigenvalue weighted by molar-refractivity contribution is 0.0101. The van der Waals surface area contributed by atoms with Crippen LogP contribution in [0.25, 0.3) is 0 Å². The Bertz CT molecular complexity index is 415. The third-order valence-electron chi connectivity index (χ3n) is 2.89. The molecular weight excluding hydrogens is 250 g/mol. The van der Waals surface area contributed by atoms with Crippen LogP contribution in [0.1, 0.15) is 16.2 Å². The molecule has 1 aliphatic rings. The van der Waals surface area contributed by atoms with Gasteiger partial charge in [-0.25, -0.2) is 0 Å². The van der Waals surface area contributed by atoms with Crippen molar-refractivity contribution in [1.82, 2.24) is 15.4 Å². The Morgan fingerprint density at radius 2 is 2.53 bits per heavy atom. The van der Waals surface area contributed by atoms with Crippen molar-refractivity contribution in [3.05, 3.63) is 17.5 Å². The summed E-state index contributed by atoms with van der Waals surface area (Å²) in [4.78, 5) is 13.7. The zero-order valence-corrected chi connectivity index (χ0v) is 11.2. The third-order valence-corrected chi connectivity index (χ3v) is 2.89. The smallest absolute Gasteiger partial charge is 0.275 e. The van der Waals surface area contributed by atoms with E-state index in [9.17, 15) is 4.79 Å². The lowest BCUT2D eigenvalue weighted by Crippen LogP contribution is -2.45. The fraction of sp³-hybridized carbons (Fsp3) is 0.667. The highest BCUT2D eigenvalue weighted by atomic mass is 16.5. The van der Waals surface area contributed by atoms with Crippen LogP contribution in [-0.2, 0) is 16.1 Å². The minimum absolute atomic E-state index is 0.0213. The van der Waals surface area contributed by atoms with E-state index >= 15 is 0 Å². The van der Waals surface area contributed by atoms with Crippen LogP contribution in [0.2, 0.25) is 0 Å². The Morgan fingerprint density at radius 1 is 1.68 bits per heavy atom. The standard InChI is InChI=1S/C12H19N3O4/c1-15(7-10-6-13-3-4-18-10)12(16)11-5-9(8-17-2)19-14-11/h5,10,13H,3-4,6-8H2,1-2H3. The van der Waals surface area contributed by atoms with Crippen LogP contribution in [0.4, 0.5) is 0 Å². The molecule has 19 heavy (non-hydrogen) atoms. The van der Waals surface area contributed by atoms with E-state index in [2.05, 4.69) is 10.5 Å². The van der Waals surface area contributed by atoms with Gasteiger partial charge < -0.3 is 24.2 Å². The third kappa shape index (κ3) is 3.76. The molecule has 0 bridgehead atoms. The Balaban J connectivity index is 1.89. The largest absolute Gasteiger partial charge is 0.377 e. The first kappa shape index (κ1) is 14.0. The summed E-state index contributed by atoms with van der Waals surface area (Å²) in [7, 11) is 3.29. The molecular formula is C12H19N3O4. The van der Waals surface area contributed by atoms with Crippen molar-refractivity contribution in [2.75, 3.05) is 40.4 Å². The van der Waals surface area contributed by atoms with Crippen molar-refractivity contribution < 1.29 is 18.8 Å². The van der Waals surface area contributed by atoms with Crippen LogP contribution in [0.15, 0.2) is 10.6 Å². The molecule has 1 aromatic heterocycles. The van der Waals surface area contributed by atoms with Gasteiger partial charge in [0.2, 0.25) is 0 Å². The maximum atomic E-state index is 12.1. The van der Waals surface area contributed by atoms with Gasteiger partial charge in [0.1, 0.15) is 6.61 Å². The van der Waals surface area contributed by atoms with E-state index in [4.69, 9.17) is 14.0 Å². The average Bonchev–Trinajstić information content (AvgIpc) is 2.88. The maximum Gasteiger partial charge on any atom is 0.275 e. The van der Waals surface area contributed by atoms with Crippen LogP contribution in [0, 0.1) is 0 Å². The quantitative estimate of drug-likeness (QED) is 0.803. The average molecular weight is 269 g/mol. The van der Waals surface area contributed by atoms with Gasteiger partial charge in [-0.1, -0.05) is 5.16 Å². The monoisotopic (exact) mass is 269 g/mol. The number of hydrogen-bond acceptors (Lipinski definition) is 6. The van der Waals surface area contributed by atoms with Gasteiger partial charge in [-0.3, -0.25) is 4.79 Å². The Kier molecular flexibility index (Phi) is 4.89. The van der Waals surface area contributed by atoms with Crippen LogP contribution < -0.4 is 5.32 Å². The fourth-order valence-corrected chi connectivity index (χ4v) is 1.94. The van der Waals surface area contributed by atoms with Gasteiger partial charge in [0, 0.05) is 39.9 Å². The number of aromatic nitrogens is 1. The number of nitrogens with one attached hydrogen (secondary N) is 1. The van der Waals surface area contributed by atoms with Crippen LogP contribution in [0.3, 0.4) is 0 Å². The summed E-state index contributed by atoms with van der Waals surface area (Å²) < 4.78 is 15.5. The van der Waals surface area contributed by atoms with E-state index < -0.39 is 0 Å². The van der Waals surface area contributed by atoms with Crippen LogP contribution in [0.5, 0.6) is 0 Å². The molecule has 1 aliphatic heterocycles. The molecule has 0 saturated carbocycles. The van der Waals surface area contributed by atoms with E-state index in [0.29, 0.717) is 31.2 Å². The highest BCUT2D eigenvalue weighted by molar-refractivity contribution is 5.92. The van der Waals surface area contributed by atoms with E-state index in [1.165, 1.54) is 0 Å². The zero-order valence-electron chi connectivity index (χ0n) is 11.2. The number of methoxy groups -OCH3 is 1. The maximum absolute atomic E-state index is 12.1. The Hall–Kier alpha value is -1.44. The van der Waals surface area contributed by atoms with E-state index in [-0.39, 0.29) is 12.0 Å². The van der Waals surface area contributed by atoms with Gasteiger partial charge in [-0.05, 0) is 0 Å². The summed E-state index contributed by atoms with van der Waals surface area (Å²) in [5, 5.41) is 6.97. The Labute approximate surface area is 111 Å². The summed E-state index contributed by atoms with van der Waals surface area (Å²) in [6.07, 6.45) is 0.0213.